The zero-order valence-electron chi connectivity index (χ0n) is 14.1. The molecular formula is C20H20N2O2S. The number of rotatable bonds is 2. The van der Waals surface area contributed by atoms with E-state index in [2.05, 4.69) is 18.3 Å². The number of para-hydroxylation sites is 1. The number of hydrogen-bond donors (Lipinski definition) is 1. The number of aryl methyl sites for hydroxylation is 2. The molecule has 2 amide bonds. The predicted octanol–water partition coefficient (Wildman–Crippen LogP) is 3.78. The van der Waals surface area contributed by atoms with E-state index in [0.717, 1.165) is 35.7 Å². The van der Waals surface area contributed by atoms with Gasteiger partial charge >= 0.3 is 0 Å². The van der Waals surface area contributed by atoms with Crippen LogP contribution < -0.4 is 10.2 Å². The fourth-order valence-electron chi connectivity index (χ4n) is 3.48. The maximum absolute atomic E-state index is 12.9. The molecule has 0 bridgehead atoms. The van der Waals surface area contributed by atoms with Crippen molar-refractivity contribution in [3.8, 4) is 0 Å². The highest BCUT2D eigenvalue weighted by atomic mass is 32.2. The number of nitrogens with zero attached hydrogens (tertiary/aromatic N) is 1. The van der Waals surface area contributed by atoms with Crippen molar-refractivity contribution in [2.75, 3.05) is 16.8 Å². The van der Waals surface area contributed by atoms with Gasteiger partial charge in [-0.3, -0.25) is 9.59 Å². The van der Waals surface area contributed by atoms with E-state index in [1.165, 1.54) is 22.9 Å². The number of fused-ring (bicyclic) bond motifs is 2. The first-order valence-electron chi connectivity index (χ1n) is 8.58. The molecule has 2 aliphatic heterocycles. The van der Waals surface area contributed by atoms with E-state index in [-0.39, 0.29) is 23.5 Å². The largest absolute Gasteiger partial charge is 0.324 e. The third-order valence-corrected chi connectivity index (χ3v) is 6.00. The Hall–Kier alpha value is -2.27. The van der Waals surface area contributed by atoms with Crippen LogP contribution in [0.2, 0.25) is 0 Å². The fourth-order valence-corrected chi connectivity index (χ4v) is 4.58. The average Bonchev–Trinajstić information content (AvgIpc) is 2.61. The Bertz CT molecular complexity index is 849. The fraction of sp³-hybridized carbons (Fsp3) is 0.300. The summed E-state index contributed by atoms with van der Waals surface area (Å²) in [4.78, 5) is 28.1. The Balaban J connectivity index is 1.53. The summed E-state index contributed by atoms with van der Waals surface area (Å²) < 4.78 is 0. The van der Waals surface area contributed by atoms with E-state index in [1.807, 2.05) is 41.3 Å². The van der Waals surface area contributed by atoms with Gasteiger partial charge in [-0.05, 0) is 43.5 Å². The lowest BCUT2D eigenvalue weighted by Gasteiger charge is -2.31. The number of anilines is 2. The van der Waals surface area contributed by atoms with E-state index >= 15 is 0 Å². The van der Waals surface area contributed by atoms with Crippen molar-refractivity contribution in [3.05, 3.63) is 53.6 Å². The molecule has 2 aromatic rings. The lowest BCUT2D eigenvalue weighted by atomic mass is 9.99. The molecule has 2 aromatic carbocycles. The molecule has 0 saturated heterocycles. The minimum Gasteiger partial charge on any atom is -0.324 e. The predicted molar refractivity (Wildman–Crippen MR) is 101 cm³/mol. The van der Waals surface area contributed by atoms with Gasteiger partial charge < -0.3 is 10.2 Å². The summed E-state index contributed by atoms with van der Waals surface area (Å²) in [5.74, 6) is -0.0602. The van der Waals surface area contributed by atoms with Crippen LogP contribution in [0.1, 0.15) is 24.0 Å². The number of nitrogens with one attached hydrogen (secondary N) is 1. The van der Waals surface area contributed by atoms with Crippen molar-refractivity contribution in [2.45, 2.75) is 36.3 Å². The van der Waals surface area contributed by atoms with Gasteiger partial charge in [-0.25, -0.2) is 0 Å². The first-order chi connectivity index (χ1) is 12.1. The van der Waals surface area contributed by atoms with Crippen LogP contribution in [0, 0.1) is 6.92 Å². The van der Waals surface area contributed by atoms with Gasteiger partial charge in [0.2, 0.25) is 11.8 Å². The molecule has 4 nitrogen and oxygen atoms in total. The second-order valence-corrected chi connectivity index (χ2v) is 7.82. The molecule has 0 spiro atoms. The zero-order valence-corrected chi connectivity index (χ0v) is 14.9. The van der Waals surface area contributed by atoms with Crippen LogP contribution in [0.25, 0.3) is 0 Å². The van der Waals surface area contributed by atoms with Crippen LogP contribution in [0.15, 0.2) is 47.4 Å². The molecule has 2 aliphatic rings. The van der Waals surface area contributed by atoms with Gasteiger partial charge in [-0.2, -0.15) is 0 Å². The minimum absolute atomic E-state index is 0.0248. The second kappa shape index (κ2) is 6.56. The molecule has 128 valence electrons. The lowest BCUT2D eigenvalue weighted by molar-refractivity contribution is -0.122. The molecule has 5 heteroatoms. The summed E-state index contributed by atoms with van der Waals surface area (Å²) in [6.45, 7) is 2.80. The Kier molecular flexibility index (Phi) is 4.25. The standard InChI is InChI=1S/C20H20N2O2S/c1-13-8-9-16-14(11-13)5-4-10-22(16)19(23)12-18-20(24)21-15-6-2-3-7-17(15)25-18/h2-3,6-9,11,18H,4-5,10,12H2,1H3,(H,21,24). The molecule has 25 heavy (non-hydrogen) atoms. The normalized spacial score (nSPS) is 19.0. The summed E-state index contributed by atoms with van der Waals surface area (Å²) in [6.07, 6.45) is 2.19. The van der Waals surface area contributed by atoms with Gasteiger partial charge in [0.05, 0.1) is 10.9 Å². The number of thioether (sulfide) groups is 1. The zero-order chi connectivity index (χ0) is 17.4. The third kappa shape index (κ3) is 3.16. The summed E-state index contributed by atoms with van der Waals surface area (Å²) >= 11 is 1.48. The molecule has 1 N–H and O–H groups in total. The molecule has 0 aliphatic carbocycles. The Morgan fingerprint density at radius 2 is 2.12 bits per heavy atom. The number of hydrogen-bond acceptors (Lipinski definition) is 3. The van der Waals surface area contributed by atoms with Crippen molar-refractivity contribution in [3.63, 3.8) is 0 Å². The molecule has 0 fully saturated rings. The Morgan fingerprint density at radius 3 is 3.00 bits per heavy atom. The molecule has 0 aromatic heterocycles. The lowest BCUT2D eigenvalue weighted by Crippen LogP contribution is -2.40. The summed E-state index contributed by atoms with van der Waals surface area (Å²) in [7, 11) is 0. The van der Waals surface area contributed by atoms with Crippen molar-refractivity contribution < 1.29 is 9.59 Å². The van der Waals surface area contributed by atoms with Crippen molar-refractivity contribution >= 4 is 35.0 Å². The summed E-state index contributed by atoms with van der Waals surface area (Å²) in [5.41, 5.74) is 4.28. The monoisotopic (exact) mass is 352 g/mol. The van der Waals surface area contributed by atoms with Crippen LogP contribution >= 0.6 is 11.8 Å². The highest BCUT2D eigenvalue weighted by Gasteiger charge is 2.31. The van der Waals surface area contributed by atoms with Gasteiger partial charge in [-0.1, -0.05) is 29.8 Å². The van der Waals surface area contributed by atoms with Crippen molar-refractivity contribution in [2.24, 2.45) is 0 Å². The van der Waals surface area contributed by atoms with E-state index in [4.69, 9.17) is 0 Å². The first kappa shape index (κ1) is 16.2. The molecular weight excluding hydrogens is 332 g/mol. The Morgan fingerprint density at radius 1 is 1.28 bits per heavy atom. The average molecular weight is 352 g/mol. The summed E-state index contributed by atoms with van der Waals surface area (Å²) in [5, 5.41) is 2.54. The minimum atomic E-state index is -0.377. The third-order valence-electron chi connectivity index (χ3n) is 4.72. The maximum Gasteiger partial charge on any atom is 0.238 e. The van der Waals surface area contributed by atoms with Gasteiger partial charge in [0.25, 0.3) is 0 Å². The van der Waals surface area contributed by atoms with Crippen molar-refractivity contribution in [1.82, 2.24) is 0 Å². The van der Waals surface area contributed by atoms with E-state index in [0.29, 0.717) is 0 Å². The molecule has 0 radical (unpaired) electrons. The van der Waals surface area contributed by atoms with Crippen LogP contribution in [0.3, 0.4) is 0 Å². The number of carbonyl (C=O) groups excluding carboxylic acids is 2. The van der Waals surface area contributed by atoms with Gasteiger partial charge in [0.1, 0.15) is 0 Å². The molecule has 0 saturated carbocycles. The van der Waals surface area contributed by atoms with E-state index in [1.54, 1.807) is 0 Å². The van der Waals surface area contributed by atoms with Crippen molar-refractivity contribution in [1.29, 1.82) is 0 Å². The van der Waals surface area contributed by atoms with Crippen LogP contribution in [-0.2, 0) is 16.0 Å². The smallest absolute Gasteiger partial charge is 0.238 e. The van der Waals surface area contributed by atoms with E-state index < -0.39 is 0 Å². The second-order valence-electron chi connectivity index (χ2n) is 6.58. The van der Waals surface area contributed by atoms with E-state index in [9.17, 15) is 9.59 Å². The van der Waals surface area contributed by atoms with Gasteiger partial charge in [-0.15, -0.1) is 11.8 Å². The van der Waals surface area contributed by atoms with Crippen LogP contribution in [-0.4, -0.2) is 23.6 Å². The van der Waals surface area contributed by atoms with Crippen LogP contribution in [0.5, 0.6) is 0 Å². The quantitative estimate of drug-likeness (QED) is 0.895. The SMILES string of the molecule is Cc1ccc2c(c1)CCCN2C(=O)CC1Sc2ccccc2NC1=O. The highest BCUT2D eigenvalue weighted by Crippen LogP contribution is 2.37. The van der Waals surface area contributed by atoms with Gasteiger partial charge in [0, 0.05) is 23.5 Å². The molecule has 1 unspecified atom stereocenters. The highest BCUT2D eigenvalue weighted by molar-refractivity contribution is 8.01. The Labute approximate surface area is 151 Å². The van der Waals surface area contributed by atoms with Crippen LogP contribution in [0.4, 0.5) is 11.4 Å². The first-order valence-corrected chi connectivity index (χ1v) is 9.46. The number of benzene rings is 2. The maximum atomic E-state index is 12.9. The number of amides is 2. The summed E-state index contributed by atoms with van der Waals surface area (Å²) in [6, 6.07) is 14.0. The molecule has 2 heterocycles. The van der Waals surface area contributed by atoms with Gasteiger partial charge in [0.15, 0.2) is 0 Å². The topological polar surface area (TPSA) is 49.4 Å². The molecule has 4 rings (SSSR count). The molecule has 1 atom stereocenters. The number of carbonyl (C=O) groups is 2.